The van der Waals surface area contributed by atoms with Crippen LogP contribution in [0.25, 0.3) is 11.0 Å². The first kappa shape index (κ1) is 17.5. The fourth-order valence-electron chi connectivity index (χ4n) is 4.61. The Hall–Kier alpha value is -2.63. The highest BCUT2D eigenvalue weighted by Gasteiger charge is 2.41. The van der Waals surface area contributed by atoms with Gasteiger partial charge in [0, 0.05) is 42.5 Å². The topological polar surface area (TPSA) is 55.3 Å². The molecule has 2 aliphatic heterocycles. The molecule has 2 saturated heterocycles. The second-order valence-corrected chi connectivity index (χ2v) is 7.80. The molecular weight excluding hydrogens is 350 g/mol. The molecule has 0 N–H and O–H groups in total. The normalized spacial score (nSPS) is 24.9. The molecule has 2 atom stereocenters. The molecule has 2 aromatic carbocycles. The highest BCUT2D eigenvalue weighted by molar-refractivity contribution is 6.00. The van der Waals surface area contributed by atoms with Gasteiger partial charge in [0.25, 0.3) is 0 Å². The smallest absolute Gasteiger partial charge is 0.166 e. The number of ether oxygens (including phenoxy) is 1. The SMILES string of the molecule is O=C(c1ccc2nccnc2c1)C1CC2COCC(C1)N2Cc1ccccc1. The molecule has 5 nitrogen and oxygen atoms in total. The van der Waals surface area contributed by atoms with E-state index in [2.05, 4.69) is 39.1 Å². The summed E-state index contributed by atoms with van der Waals surface area (Å²) in [5.41, 5.74) is 3.66. The zero-order valence-electron chi connectivity index (χ0n) is 15.7. The number of hydrogen-bond acceptors (Lipinski definition) is 5. The summed E-state index contributed by atoms with van der Waals surface area (Å²) < 4.78 is 5.82. The number of Topliss-reactive ketones (excluding diaryl/α,β-unsaturated/α-hetero) is 1. The van der Waals surface area contributed by atoms with Crippen LogP contribution >= 0.6 is 0 Å². The van der Waals surface area contributed by atoms with E-state index in [1.807, 2.05) is 24.3 Å². The molecule has 5 heteroatoms. The lowest BCUT2D eigenvalue weighted by molar-refractivity contribution is -0.0872. The standard InChI is InChI=1S/C23H23N3O2/c27-23(17-6-7-21-22(12-17)25-9-8-24-21)18-10-19-14-28-15-20(11-18)26(19)13-16-4-2-1-3-5-16/h1-9,12,18-20H,10-11,13-15H2. The molecule has 1 aromatic heterocycles. The van der Waals surface area contributed by atoms with Crippen molar-refractivity contribution >= 4 is 16.8 Å². The quantitative estimate of drug-likeness (QED) is 0.655. The number of aromatic nitrogens is 2. The average Bonchev–Trinajstić information content (AvgIpc) is 2.73. The molecule has 142 valence electrons. The Bertz CT molecular complexity index is 977. The van der Waals surface area contributed by atoms with Crippen LogP contribution in [0.2, 0.25) is 0 Å². The van der Waals surface area contributed by atoms with Crippen molar-refractivity contribution in [1.82, 2.24) is 14.9 Å². The van der Waals surface area contributed by atoms with E-state index in [9.17, 15) is 4.79 Å². The van der Waals surface area contributed by atoms with Gasteiger partial charge in [-0.15, -0.1) is 0 Å². The Kier molecular flexibility index (Phi) is 4.63. The van der Waals surface area contributed by atoms with Gasteiger partial charge in [-0.3, -0.25) is 19.7 Å². The highest BCUT2D eigenvalue weighted by Crippen LogP contribution is 2.34. The van der Waals surface area contributed by atoms with E-state index in [4.69, 9.17) is 4.74 Å². The monoisotopic (exact) mass is 373 g/mol. The van der Waals surface area contributed by atoms with Crippen LogP contribution in [-0.2, 0) is 11.3 Å². The van der Waals surface area contributed by atoms with Crippen LogP contribution in [0.15, 0.2) is 60.9 Å². The van der Waals surface area contributed by atoms with Gasteiger partial charge in [0.05, 0.1) is 24.2 Å². The fourth-order valence-corrected chi connectivity index (χ4v) is 4.61. The number of piperidine rings is 1. The molecule has 3 heterocycles. The van der Waals surface area contributed by atoms with Gasteiger partial charge in [0.1, 0.15) is 0 Å². The molecule has 2 unspecified atom stereocenters. The van der Waals surface area contributed by atoms with Crippen LogP contribution < -0.4 is 0 Å². The highest BCUT2D eigenvalue weighted by atomic mass is 16.5. The van der Waals surface area contributed by atoms with Gasteiger partial charge < -0.3 is 4.74 Å². The summed E-state index contributed by atoms with van der Waals surface area (Å²) in [6, 6.07) is 16.8. The summed E-state index contributed by atoms with van der Waals surface area (Å²) >= 11 is 0. The molecule has 2 bridgehead atoms. The molecule has 0 spiro atoms. The zero-order chi connectivity index (χ0) is 18.9. The summed E-state index contributed by atoms with van der Waals surface area (Å²) in [4.78, 5) is 24.4. The van der Waals surface area contributed by atoms with Crippen molar-refractivity contribution in [1.29, 1.82) is 0 Å². The molecule has 2 fully saturated rings. The van der Waals surface area contributed by atoms with E-state index in [-0.39, 0.29) is 11.7 Å². The average molecular weight is 373 g/mol. The lowest BCUT2D eigenvalue weighted by Crippen LogP contribution is -2.57. The lowest BCUT2D eigenvalue weighted by Gasteiger charge is -2.48. The maximum Gasteiger partial charge on any atom is 0.166 e. The molecule has 3 aromatic rings. The number of hydrogen-bond donors (Lipinski definition) is 0. The second-order valence-electron chi connectivity index (χ2n) is 7.80. The molecule has 0 amide bonds. The minimum Gasteiger partial charge on any atom is -0.378 e. The van der Waals surface area contributed by atoms with Crippen LogP contribution in [0.5, 0.6) is 0 Å². The molecular formula is C23H23N3O2. The van der Waals surface area contributed by atoms with E-state index < -0.39 is 0 Å². The Morgan fingerprint density at radius 3 is 2.43 bits per heavy atom. The molecule has 2 aliphatic rings. The van der Waals surface area contributed by atoms with Crippen molar-refractivity contribution in [3.63, 3.8) is 0 Å². The van der Waals surface area contributed by atoms with Gasteiger partial charge in [0.15, 0.2) is 5.78 Å². The third kappa shape index (κ3) is 3.32. The zero-order valence-corrected chi connectivity index (χ0v) is 15.7. The number of fused-ring (bicyclic) bond motifs is 3. The number of carbonyl (C=O) groups is 1. The van der Waals surface area contributed by atoms with Crippen LogP contribution in [0, 0.1) is 5.92 Å². The van der Waals surface area contributed by atoms with Crippen molar-refractivity contribution in [3.8, 4) is 0 Å². The van der Waals surface area contributed by atoms with Gasteiger partial charge in [-0.2, -0.15) is 0 Å². The van der Waals surface area contributed by atoms with Crippen molar-refractivity contribution in [2.45, 2.75) is 31.5 Å². The van der Waals surface area contributed by atoms with Crippen LogP contribution in [0.4, 0.5) is 0 Å². The number of rotatable bonds is 4. The van der Waals surface area contributed by atoms with Gasteiger partial charge in [-0.1, -0.05) is 30.3 Å². The molecule has 0 aliphatic carbocycles. The van der Waals surface area contributed by atoms with Gasteiger partial charge in [-0.25, -0.2) is 0 Å². The first-order valence-electron chi connectivity index (χ1n) is 9.90. The predicted octanol–water partition coefficient (Wildman–Crippen LogP) is 3.49. The van der Waals surface area contributed by atoms with Crippen molar-refractivity contribution in [3.05, 3.63) is 72.1 Å². The molecule has 0 saturated carbocycles. The summed E-state index contributed by atoms with van der Waals surface area (Å²) in [7, 11) is 0. The Morgan fingerprint density at radius 2 is 1.68 bits per heavy atom. The van der Waals surface area contributed by atoms with Crippen LogP contribution in [0.3, 0.4) is 0 Å². The van der Waals surface area contributed by atoms with E-state index in [1.165, 1.54) is 5.56 Å². The Labute approximate surface area is 164 Å². The van der Waals surface area contributed by atoms with E-state index in [0.717, 1.165) is 36.0 Å². The van der Waals surface area contributed by atoms with Crippen LogP contribution in [-0.4, -0.2) is 45.9 Å². The summed E-state index contributed by atoms with van der Waals surface area (Å²) in [5.74, 6) is 0.267. The number of nitrogens with zero attached hydrogens (tertiary/aromatic N) is 3. The lowest BCUT2D eigenvalue weighted by atomic mass is 9.80. The Morgan fingerprint density at radius 1 is 0.964 bits per heavy atom. The third-order valence-corrected chi connectivity index (χ3v) is 6.00. The minimum absolute atomic E-state index is 0.0417. The summed E-state index contributed by atoms with van der Waals surface area (Å²) in [5, 5.41) is 0. The molecule has 28 heavy (non-hydrogen) atoms. The van der Waals surface area contributed by atoms with Gasteiger partial charge in [-0.05, 0) is 36.6 Å². The number of benzene rings is 2. The fraction of sp³-hybridized carbons (Fsp3) is 0.348. The van der Waals surface area contributed by atoms with E-state index >= 15 is 0 Å². The van der Waals surface area contributed by atoms with Crippen molar-refractivity contribution in [2.24, 2.45) is 5.92 Å². The first-order chi connectivity index (χ1) is 13.8. The number of morpholine rings is 1. The number of ketones is 1. The summed E-state index contributed by atoms with van der Waals surface area (Å²) in [6.07, 6.45) is 5.04. The molecule has 0 radical (unpaired) electrons. The summed E-state index contributed by atoms with van der Waals surface area (Å²) in [6.45, 7) is 2.33. The van der Waals surface area contributed by atoms with Crippen LogP contribution in [0.1, 0.15) is 28.8 Å². The molecule has 5 rings (SSSR count). The predicted molar refractivity (Wildman–Crippen MR) is 107 cm³/mol. The van der Waals surface area contributed by atoms with E-state index in [0.29, 0.717) is 25.3 Å². The van der Waals surface area contributed by atoms with Gasteiger partial charge >= 0.3 is 0 Å². The minimum atomic E-state index is 0.0417. The van der Waals surface area contributed by atoms with E-state index in [1.54, 1.807) is 12.4 Å². The Balaban J connectivity index is 1.35. The number of carbonyl (C=O) groups excluding carboxylic acids is 1. The maximum atomic E-state index is 13.2. The van der Waals surface area contributed by atoms with Gasteiger partial charge in [0.2, 0.25) is 0 Å². The third-order valence-electron chi connectivity index (χ3n) is 6.00. The largest absolute Gasteiger partial charge is 0.378 e. The first-order valence-corrected chi connectivity index (χ1v) is 9.90. The van der Waals surface area contributed by atoms with Crippen molar-refractivity contribution in [2.75, 3.05) is 13.2 Å². The maximum absolute atomic E-state index is 13.2. The second kappa shape index (κ2) is 7.41. The van der Waals surface area contributed by atoms with Crippen molar-refractivity contribution < 1.29 is 9.53 Å².